The van der Waals surface area contributed by atoms with Gasteiger partial charge in [-0.15, -0.1) is 11.8 Å². The monoisotopic (exact) mass is 411 g/mol. The van der Waals surface area contributed by atoms with Crippen molar-refractivity contribution in [2.45, 2.75) is 30.5 Å². The van der Waals surface area contributed by atoms with Gasteiger partial charge < -0.3 is 10.5 Å². The van der Waals surface area contributed by atoms with Crippen LogP contribution in [0.25, 0.3) is 0 Å². The summed E-state index contributed by atoms with van der Waals surface area (Å²) >= 11 is 6.15. The van der Waals surface area contributed by atoms with E-state index in [9.17, 15) is 0 Å². The molecule has 0 amide bonds. The van der Waals surface area contributed by atoms with Gasteiger partial charge in [0.05, 0.1) is 21.1 Å². The maximum atomic E-state index is 6.02. The number of rotatable bonds is 4. The van der Waals surface area contributed by atoms with Gasteiger partial charge >= 0.3 is 0 Å². The van der Waals surface area contributed by atoms with Crippen molar-refractivity contribution < 1.29 is 4.74 Å². The third kappa shape index (κ3) is 3.68. The van der Waals surface area contributed by atoms with Crippen molar-refractivity contribution >= 4 is 51.9 Å². The Hall–Kier alpha value is 0.270. The zero-order valence-electron chi connectivity index (χ0n) is 11.1. The lowest BCUT2D eigenvalue weighted by atomic mass is 10.2. The van der Waals surface area contributed by atoms with E-state index in [-0.39, 0.29) is 0 Å². The van der Waals surface area contributed by atoms with Crippen LogP contribution in [0.2, 0.25) is 0 Å². The molecule has 2 rings (SSSR count). The van der Waals surface area contributed by atoms with E-state index in [0.29, 0.717) is 22.9 Å². The SMILES string of the molecule is CCC1SCCSC1c1nc(N)c(I)c(COC)n1. The zero-order chi connectivity index (χ0) is 13.8. The lowest BCUT2D eigenvalue weighted by Gasteiger charge is -2.29. The molecular weight excluding hydrogens is 393 g/mol. The summed E-state index contributed by atoms with van der Waals surface area (Å²) in [5.74, 6) is 3.81. The Kier molecular flexibility index (Phi) is 6.04. The van der Waals surface area contributed by atoms with E-state index in [1.165, 1.54) is 5.75 Å². The molecule has 0 aliphatic carbocycles. The van der Waals surface area contributed by atoms with Crippen LogP contribution in [0.5, 0.6) is 0 Å². The molecule has 0 spiro atoms. The summed E-state index contributed by atoms with van der Waals surface area (Å²) in [5, 5.41) is 0.923. The molecule has 19 heavy (non-hydrogen) atoms. The topological polar surface area (TPSA) is 61.0 Å². The maximum absolute atomic E-state index is 6.02. The summed E-state index contributed by atoms with van der Waals surface area (Å²) < 4.78 is 6.10. The molecule has 0 saturated carbocycles. The summed E-state index contributed by atoms with van der Waals surface area (Å²) in [7, 11) is 1.67. The van der Waals surface area contributed by atoms with Crippen LogP contribution in [0.3, 0.4) is 0 Å². The van der Waals surface area contributed by atoms with E-state index >= 15 is 0 Å². The number of ether oxygens (including phenoxy) is 1. The van der Waals surface area contributed by atoms with Crippen LogP contribution in [-0.2, 0) is 11.3 Å². The Bertz CT molecular complexity index is 447. The molecule has 106 valence electrons. The first kappa shape index (κ1) is 15.7. The van der Waals surface area contributed by atoms with Crippen LogP contribution in [0.1, 0.15) is 30.1 Å². The number of aromatic nitrogens is 2. The third-order valence-electron chi connectivity index (χ3n) is 2.95. The molecule has 1 aromatic heterocycles. The first-order valence-corrected chi connectivity index (χ1v) is 9.38. The second kappa shape index (κ2) is 7.33. The predicted octanol–water partition coefficient (Wildman–Crippen LogP) is 3.11. The number of nitrogen functional groups attached to an aromatic ring is 1. The van der Waals surface area contributed by atoms with Crippen LogP contribution in [0.15, 0.2) is 0 Å². The molecule has 1 fully saturated rings. The van der Waals surface area contributed by atoms with Gasteiger partial charge in [-0.05, 0) is 29.0 Å². The molecule has 2 unspecified atom stereocenters. The number of hydrogen-bond donors (Lipinski definition) is 1. The zero-order valence-corrected chi connectivity index (χ0v) is 14.8. The molecule has 2 atom stereocenters. The Labute approximate surface area is 136 Å². The minimum absolute atomic E-state index is 0.346. The van der Waals surface area contributed by atoms with E-state index in [1.807, 2.05) is 23.5 Å². The molecule has 0 bridgehead atoms. The van der Waals surface area contributed by atoms with Gasteiger partial charge in [-0.2, -0.15) is 11.8 Å². The fraction of sp³-hybridized carbons (Fsp3) is 0.667. The standard InChI is InChI=1S/C12H18IN3OS2/c1-3-8-10(19-5-4-18-8)12-15-7(6-17-2)9(13)11(14)16-12/h8,10H,3-6H2,1-2H3,(H2,14,15,16). The van der Waals surface area contributed by atoms with E-state index in [2.05, 4.69) is 39.5 Å². The predicted molar refractivity (Wildman–Crippen MR) is 91.6 cm³/mol. The van der Waals surface area contributed by atoms with E-state index < -0.39 is 0 Å². The number of anilines is 1. The number of hydrogen-bond acceptors (Lipinski definition) is 6. The van der Waals surface area contributed by atoms with Crippen LogP contribution in [-0.4, -0.2) is 33.8 Å². The van der Waals surface area contributed by atoms with Crippen LogP contribution < -0.4 is 5.73 Å². The summed E-state index contributed by atoms with van der Waals surface area (Å²) in [5.41, 5.74) is 6.91. The van der Waals surface area contributed by atoms with Gasteiger partial charge in [0.25, 0.3) is 0 Å². The second-order valence-electron chi connectivity index (χ2n) is 4.27. The minimum Gasteiger partial charge on any atom is -0.383 e. The van der Waals surface area contributed by atoms with Gasteiger partial charge in [-0.3, -0.25) is 0 Å². The van der Waals surface area contributed by atoms with Crippen molar-refractivity contribution in [3.8, 4) is 0 Å². The van der Waals surface area contributed by atoms with E-state index in [1.54, 1.807) is 7.11 Å². The molecule has 7 heteroatoms. The van der Waals surface area contributed by atoms with Crippen LogP contribution in [0, 0.1) is 3.57 Å². The smallest absolute Gasteiger partial charge is 0.145 e. The molecular formula is C12H18IN3OS2. The van der Waals surface area contributed by atoms with Gasteiger partial charge in [-0.25, -0.2) is 9.97 Å². The third-order valence-corrected chi connectivity index (χ3v) is 7.37. The Balaban J connectivity index is 2.32. The highest BCUT2D eigenvalue weighted by Crippen LogP contribution is 2.43. The van der Waals surface area contributed by atoms with Crippen LogP contribution in [0.4, 0.5) is 5.82 Å². The average molecular weight is 411 g/mol. The average Bonchev–Trinajstić information content (AvgIpc) is 2.43. The fourth-order valence-corrected chi connectivity index (χ4v) is 5.42. The maximum Gasteiger partial charge on any atom is 0.145 e. The van der Waals surface area contributed by atoms with Gasteiger partial charge in [0.1, 0.15) is 11.6 Å². The van der Waals surface area contributed by atoms with Crippen molar-refractivity contribution in [3.05, 3.63) is 15.1 Å². The molecule has 2 N–H and O–H groups in total. The highest BCUT2D eigenvalue weighted by molar-refractivity contribution is 14.1. The fourth-order valence-electron chi connectivity index (χ4n) is 2.03. The van der Waals surface area contributed by atoms with E-state index in [0.717, 1.165) is 27.3 Å². The largest absolute Gasteiger partial charge is 0.383 e. The van der Waals surface area contributed by atoms with E-state index in [4.69, 9.17) is 10.5 Å². The van der Waals surface area contributed by atoms with Crippen molar-refractivity contribution in [1.29, 1.82) is 0 Å². The number of nitrogens with zero attached hydrogens (tertiary/aromatic N) is 2. The minimum atomic E-state index is 0.346. The van der Waals surface area contributed by atoms with Crippen LogP contribution >= 0.6 is 46.1 Å². The molecule has 4 nitrogen and oxygen atoms in total. The molecule has 0 radical (unpaired) electrons. The summed E-state index contributed by atoms with van der Waals surface area (Å²) in [6.45, 7) is 2.71. The molecule has 1 aromatic rings. The first-order chi connectivity index (χ1) is 9.17. The first-order valence-electron chi connectivity index (χ1n) is 6.21. The van der Waals surface area contributed by atoms with Crippen molar-refractivity contribution in [1.82, 2.24) is 9.97 Å². The number of thioether (sulfide) groups is 2. The van der Waals surface area contributed by atoms with Crippen molar-refractivity contribution in [2.75, 3.05) is 24.3 Å². The second-order valence-corrected chi connectivity index (χ2v) is 7.94. The summed E-state index contributed by atoms with van der Waals surface area (Å²) in [6, 6.07) is 0. The quantitative estimate of drug-likeness (QED) is 0.769. The normalized spacial score (nSPS) is 23.5. The molecule has 1 saturated heterocycles. The number of nitrogens with two attached hydrogens (primary N) is 1. The highest BCUT2D eigenvalue weighted by atomic mass is 127. The van der Waals surface area contributed by atoms with Gasteiger partial charge in [-0.1, -0.05) is 6.92 Å². The number of methoxy groups -OCH3 is 1. The molecule has 1 aliphatic heterocycles. The Morgan fingerprint density at radius 3 is 2.79 bits per heavy atom. The summed E-state index contributed by atoms with van der Waals surface area (Å²) in [6.07, 6.45) is 1.14. The lowest BCUT2D eigenvalue weighted by molar-refractivity contribution is 0.180. The number of halogens is 1. The van der Waals surface area contributed by atoms with Gasteiger partial charge in [0.15, 0.2) is 0 Å². The molecule has 1 aliphatic rings. The highest BCUT2D eigenvalue weighted by Gasteiger charge is 2.29. The molecule has 0 aromatic carbocycles. The lowest BCUT2D eigenvalue weighted by Crippen LogP contribution is -2.22. The van der Waals surface area contributed by atoms with Crippen molar-refractivity contribution in [3.63, 3.8) is 0 Å². The van der Waals surface area contributed by atoms with Gasteiger partial charge in [0.2, 0.25) is 0 Å². The molecule has 2 heterocycles. The van der Waals surface area contributed by atoms with Crippen molar-refractivity contribution in [2.24, 2.45) is 0 Å². The Morgan fingerprint density at radius 1 is 1.37 bits per heavy atom. The summed E-state index contributed by atoms with van der Waals surface area (Å²) in [4.78, 5) is 9.19. The Morgan fingerprint density at radius 2 is 2.11 bits per heavy atom. The van der Waals surface area contributed by atoms with Gasteiger partial charge in [0, 0.05) is 23.9 Å².